The number of halogens is 4. The Morgan fingerprint density at radius 1 is 0.418 bits per heavy atom. The second kappa shape index (κ2) is 51.7. The smallest absolute Gasteiger partial charge is 0.497 e. The number of morpholine rings is 1. The number of esters is 1. The summed E-state index contributed by atoms with van der Waals surface area (Å²) in [5.74, 6) is 2.02. The molecule has 0 radical (unpaired) electrons. The van der Waals surface area contributed by atoms with E-state index < -0.39 is 24.0 Å². The zero-order valence-electron chi connectivity index (χ0n) is 75.7. The second-order valence-corrected chi connectivity index (χ2v) is 31.6. The first-order valence-electron chi connectivity index (χ1n) is 42.8. The average Bonchev–Trinajstić information content (AvgIpc) is 1.81. The van der Waals surface area contributed by atoms with E-state index in [-0.39, 0.29) is 48.1 Å². The fourth-order valence-corrected chi connectivity index (χ4v) is 13.9. The van der Waals surface area contributed by atoms with Crippen molar-refractivity contribution in [3.8, 4) is 17.2 Å². The number of para-hydroxylation sites is 1. The number of ether oxygens (including phenoxy) is 7. The van der Waals surface area contributed by atoms with Crippen LogP contribution in [0.4, 0.5) is 19.0 Å². The van der Waals surface area contributed by atoms with Crippen molar-refractivity contribution in [3.05, 3.63) is 397 Å². The van der Waals surface area contributed by atoms with Crippen molar-refractivity contribution in [2.24, 2.45) is 0 Å². The quantitative estimate of drug-likeness (QED) is 0.0325. The van der Waals surface area contributed by atoms with Crippen LogP contribution < -0.4 is 19.1 Å². The molecule has 1 fully saturated rings. The van der Waals surface area contributed by atoms with E-state index in [9.17, 15) is 46.7 Å². The molecule has 13 aromatic heterocycles. The lowest BCUT2D eigenvalue weighted by atomic mass is 10.1. The van der Waals surface area contributed by atoms with Gasteiger partial charge in [-0.1, -0.05) is 48.0 Å². The van der Waals surface area contributed by atoms with Crippen LogP contribution in [0.3, 0.4) is 0 Å². The molecule has 38 heteroatoms. The van der Waals surface area contributed by atoms with Gasteiger partial charge in [0.25, 0.3) is 35.4 Å². The number of anilines is 1. The van der Waals surface area contributed by atoms with Crippen LogP contribution in [-0.2, 0) is 25.4 Å². The number of benzene rings is 4. The van der Waals surface area contributed by atoms with Gasteiger partial charge in [0.2, 0.25) is 0 Å². The Morgan fingerprint density at radius 2 is 0.851 bits per heavy atom. The van der Waals surface area contributed by atoms with Crippen molar-refractivity contribution in [1.82, 2.24) is 63.7 Å². The summed E-state index contributed by atoms with van der Waals surface area (Å²) in [5.41, 5.74) is 6.31. The van der Waals surface area contributed by atoms with Crippen LogP contribution in [0.1, 0.15) is 134 Å². The van der Waals surface area contributed by atoms with E-state index in [4.69, 9.17) is 53.0 Å². The van der Waals surface area contributed by atoms with E-state index in [1.54, 1.807) is 263 Å². The van der Waals surface area contributed by atoms with Crippen molar-refractivity contribution in [2.75, 3.05) is 79.5 Å². The molecule has 0 spiro atoms. The third kappa shape index (κ3) is 31.2. The van der Waals surface area contributed by atoms with Gasteiger partial charge < -0.3 is 55.7 Å². The monoisotopic (exact) mass is 1960 g/mol. The van der Waals surface area contributed by atoms with E-state index in [2.05, 4.69) is 49.9 Å². The summed E-state index contributed by atoms with van der Waals surface area (Å²) in [5, 5.41) is 29.8. The third-order valence-electron chi connectivity index (χ3n) is 19.6. The maximum Gasteiger partial charge on any atom is 0.573 e. The van der Waals surface area contributed by atoms with Gasteiger partial charge in [-0.05, 0) is 259 Å². The van der Waals surface area contributed by atoms with Crippen LogP contribution in [0.2, 0.25) is 5.02 Å². The zero-order valence-corrected chi connectivity index (χ0v) is 78.1. The number of carbonyl (C=O) groups is 7. The first-order chi connectivity index (χ1) is 68.6. The number of hydrogen-bond donors (Lipinski definition) is 0. The number of hydrogen-bond acceptors (Lipinski definition) is 28. The Hall–Kier alpha value is -17.1. The predicted molar refractivity (Wildman–Crippen MR) is 526 cm³/mol. The number of aromatic nitrogens is 13. The second-order valence-electron chi connectivity index (χ2n) is 29.2. The fraction of sp³-hybridized carbons (Fsp3) is 0.126. The number of thiophene rings is 2. The molecule has 0 aliphatic carbocycles. The summed E-state index contributed by atoms with van der Waals surface area (Å²) in [7, 11) is 5.96. The van der Waals surface area contributed by atoms with Gasteiger partial charge in [0.05, 0.1) is 136 Å². The number of nitrogens with zero attached hydrogens (tertiary/aromatic N) is 14. The summed E-state index contributed by atoms with van der Waals surface area (Å²) in [6.07, 6.45) is 34.6. The third-order valence-corrected chi connectivity index (χ3v) is 21.5. The lowest BCUT2D eigenvalue weighted by Crippen LogP contribution is -2.36. The average molecular weight is 1970 g/mol. The highest BCUT2D eigenvalue weighted by Crippen LogP contribution is 2.29. The molecule has 0 unspecified atom stereocenters. The number of alkyl halides is 3. The molecule has 18 rings (SSSR count). The number of rotatable bonds is 28. The summed E-state index contributed by atoms with van der Waals surface area (Å²) < 4.78 is 99.9. The standard InChI is InChI=1S/C19H18N4O3.C18H16N2O4.C18H14N2O3S.C17H13ClN2O2.C17H11F3N2O2S.C14H16N2O4/c24-19(15-3-6-18(20-14-15)22-9-12-25-13-10-22)23-8-7-16(21-23)4-5-17-2-1-11-26-17;1-22-15-7-8-16(17(12-15)23-2)18(21)20-10-9-13(19-20)5-6-14-4-3-11-24-14;1-23-18(22)14-6-4-13(5-7-14)17(21)20-11-10-15(19-20)8-9-16-3-2-12-24-16;18-14-5-3-13(4-6-14)12-17(21)20-10-9-15(19-20)7-8-16-2-1-11-22-16;18-17(19,20)24-15-6-2-1-5-14(15)16(23)22-10-9-12(21-22)7-8-13-4-3-11-25-13;1-18-9-10-19-11-14(17)16-7-6-12(15-16)4-5-13-3-2-8-20-13/h1-8,11,14H,9-10,12-13H2;3-12H,1-2H3;2-12H,1H3;1-11H,12H2;1-11H;2-8H,9-11H2,1H3/b5-4+;6-5+;9-8+;2*8-7+;5-4+. The maximum atomic E-state index is 12.6. The molecule has 1 saturated heterocycles. The van der Waals surface area contributed by atoms with Gasteiger partial charge in [0.1, 0.15) is 52.7 Å². The Bertz CT molecular complexity index is 7050. The molecule has 14 heterocycles. The van der Waals surface area contributed by atoms with E-state index in [1.807, 2.05) is 108 Å². The fourth-order valence-electron chi connectivity index (χ4n) is 12.5. The molecule has 1 aliphatic rings. The van der Waals surface area contributed by atoms with E-state index in [0.717, 1.165) is 62.3 Å². The van der Waals surface area contributed by atoms with Crippen molar-refractivity contribution in [2.45, 2.75) is 12.8 Å². The van der Waals surface area contributed by atoms with Crippen LogP contribution >= 0.6 is 34.3 Å². The summed E-state index contributed by atoms with van der Waals surface area (Å²) >= 11 is 9.01. The maximum absolute atomic E-state index is 12.6. The van der Waals surface area contributed by atoms with Crippen molar-refractivity contribution in [1.29, 1.82) is 0 Å². The van der Waals surface area contributed by atoms with Gasteiger partial charge >= 0.3 is 12.3 Å². The summed E-state index contributed by atoms with van der Waals surface area (Å²) in [6.45, 7) is 3.84. The predicted octanol–water partition coefficient (Wildman–Crippen LogP) is 20.3. The molecular formula is C103H88ClF3N14O18S2. The molecule has 0 N–H and O–H groups in total. The number of furan rings is 4. The molecule has 0 amide bonds. The Kier molecular flexibility index (Phi) is 37.2. The van der Waals surface area contributed by atoms with Gasteiger partial charge in [0, 0.05) is 90.0 Å². The van der Waals surface area contributed by atoms with Crippen LogP contribution in [0, 0.1) is 0 Å². The van der Waals surface area contributed by atoms with E-state index in [0.29, 0.717) is 105 Å². The normalized spacial score (nSPS) is 11.9. The molecule has 0 saturated carbocycles. The van der Waals surface area contributed by atoms with Crippen molar-refractivity contribution in [3.63, 3.8) is 0 Å². The van der Waals surface area contributed by atoms with Crippen LogP contribution in [0.25, 0.3) is 72.9 Å². The number of methoxy groups -OCH3 is 4. The molecule has 17 aromatic rings. The molecule has 141 heavy (non-hydrogen) atoms. The highest BCUT2D eigenvalue weighted by molar-refractivity contribution is 7.11. The van der Waals surface area contributed by atoms with Gasteiger partial charge in [-0.25, -0.2) is 37.9 Å². The Labute approximate surface area is 817 Å². The lowest BCUT2D eigenvalue weighted by molar-refractivity contribution is -0.274. The van der Waals surface area contributed by atoms with Gasteiger partial charge in [0.15, 0.2) is 0 Å². The first-order valence-corrected chi connectivity index (χ1v) is 45.0. The molecule has 1 aliphatic heterocycles. The molecular weight excluding hydrogens is 1880 g/mol. The van der Waals surface area contributed by atoms with Crippen LogP contribution in [0.5, 0.6) is 17.2 Å². The molecule has 0 bridgehead atoms. The van der Waals surface area contributed by atoms with Crippen molar-refractivity contribution < 1.29 is 97.6 Å². The Balaban J connectivity index is 0.000000143. The van der Waals surface area contributed by atoms with Crippen molar-refractivity contribution >= 4 is 154 Å². The zero-order chi connectivity index (χ0) is 99.1. The van der Waals surface area contributed by atoms with Crippen LogP contribution in [0.15, 0.2) is 309 Å². The minimum absolute atomic E-state index is 0.0215. The minimum Gasteiger partial charge on any atom is -0.497 e. The van der Waals surface area contributed by atoms with Gasteiger partial charge in [-0.3, -0.25) is 28.8 Å². The van der Waals surface area contributed by atoms with E-state index >= 15 is 0 Å². The minimum atomic E-state index is -4.88. The largest absolute Gasteiger partial charge is 0.573 e. The SMILES string of the molecule is COC(=O)c1ccc(C(=O)n2ccc(/C=C/c3cccs3)n2)cc1.COCCOCC(=O)n1ccc(/C=C/c2ccco2)n1.COc1ccc(C(=O)n2ccc(/C=C/c3ccco3)n2)c(OC)c1.O=C(Cc1ccc(Cl)cc1)n1ccc(/C=C/c2ccco2)n1.O=C(c1ccc(N2CCOCC2)nc1)n1ccc(/C=C/c2ccco2)n1.O=C(c1ccccc1OC(F)(F)F)n1ccc(/C=C/c2cccs2)n1. The molecule has 0 atom stereocenters. The molecule has 4 aromatic carbocycles. The van der Waals surface area contributed by atoms with Crippen LogP contribution in [-0.4, -0.2) is 186 Å². The number of carbonyl (C=O) groups excluding carboxylic acids is 7. The molecule has 718 valence electrons. The highest BCUT2D eigenvalue weighted by atomic mass is 35.5. The number of pyridine rings is 1. The summed E-state index contributed by atoms with van der Waals surface area (Å²) in [6, 6.07) is 60.1. The first kappa shape index (κ1) is 101. The Morgan fingerprint density at radius 3 is 1.28 bits per heavy atom. The highest BCUT2D eigenvalue weighted by Gasteiger charge is 2.33. The summed E-state index contributed by atoms with van der Waals surface area (Å²) in [4.78, 5) is 94.0. The molecule has 32 nitrogen and oxygen atoms in total. The van der Waals surface area contributed by atoms with Gasteiger partial charge in [-0.15, -0.1) is 35.8 Å². The topological polar surface area (TPSA) is 360 Å². The lowest BCUT2D eigenvalue weighted by Gasteiger charge is -2.27. The van der Waals surface area contributed by atoms with E-state index in [1.165, 1.54) is 62.0 Å². The van der Waals surface area contributed by atoms with Gasteiger partial charge in [-0.2, -0.15) is 30.6 Å².